The van der Waals surface area contributed by atoms with Crippen LogP contribution in [-0.2, 0) is 30.9 Å². The van der Waals surface area contributed by atoms with Crippen LogP contribution in [0.2, 0.25) is 0 Å². The summed E-state index contributed by atoms with van der Waals surface area (Å²) in [4.78, 5) is 40.5. The molecule has 0 aliphatic carbocycles. The molecule has 1 N–H and O–H groups in total. The first kappa shape index (κ1) is 22.8. The predicted octanol–water partition coefficient (Wildman–Crippen LogP) is -0.210. The van der Waals surface area contributed by atoms with E-state index in [1.54, 1.807) is 19.2 Å². The van der Waals surface area contributed by atoms with E-state index >= 15 is 0 Å². The van der Waals surface area contributed by atoms with Gasteiger partial charge in [0, 0.05) is 57.4 Å². The Balaban J connectivity index is 1.56. The van der Waals surface area contributed by atoms with Crippen molar-refractivity contribution in [3.8, 4) is 0 Å². The van der Waals surface area contributed by atoms with Crippen molar-refractivity contribution < 1.29 is 27.5 Å². The molecule has 3 amide bonds. The first-order chi connectivity index (χ1) is 15.3. The molecule has 4 rings (SSSR count). The standard InChI is InChI=1S/C21H28N4O6S/c1-31-13-12-23-8-3-9-24(11-10-23)32(29,30)18-5-2-4-15-16(18)14-25(21(15)28)17-6-7-19(26)22-20(17)27/h2,4-5,17H,3,6-14H2,1H3,(H,22,26,27). The number of carbonyl (C=O) groups excluding carboxylic acids is 3. The van der Waals surface area contributed by atoms with Crippen LogP contribution in [0.5, 0.6) is 0 Å². The summed E-state index contributed by atoms with van der Waals surface area (Å²) in [6, 6.07) is 3.91. The lowest BCUT2D eigenvalue weighted by molar-refractivity contribution is -0.136. The average Bonchev–Trinajstić information content (AvgIpc) is 2.94. The Bertz CT molecular complexity index is 1030. The number of ether oxygens (including phenoxy) is 1. The fraction of sp³-hybridized carbons (Fsp3) is 0.571. The molecule has 1 unspecified atom stereocenters. The molecular formula is C21H28N4O6S. The molecule has 1 aromatic rings. The van der Waals surface area contributed by atoms with E-state index in [0.29, 0.717) is 43.8 Å². The van der Waals surface area contributed by atoms with E-state index in [-0.39, 0.29) is 36.1 Å². The lowest BCUT2D eigenvalue weighted by atomic mass is 10.0. The smallest absolute Gasteiger partial charge is 0.255 e. The van der Waals surface area contributed by atoms with Gasteiger partial charge >= 0.3 is 0 Å². The maximum atomic E-state index is 13.5. The predicted molar refractivity (Wildman–Crippen MR) is 114 cm³/mol. The number of nitrogens with zero attached hydrogens (tertiary/aromatic N) is 3. The summed E-state index contributed by atoms with van der Waals surface area (Å²) in [7, 11) is -2.17. The number of rotatable bonds is 6. The molecule has 3 aliphatic heterocycles. The summed E-state index contributed by atoms with van der Waals surface area (Å²) in [5.41, 5.74) is 0.718. The van der Waals surface area contributed by atoms with Gasteiger partial charge in [-0.1, -0.05) is 6.07 Å². The molecule has 1 aromatic carbocycles. The van der Waals surface area contributed by atoms with Gasteiger partial charge in [0.1, 0.15) is 6.04 Å². The SMILES string of the molecule is COCCN1CCCN(S(=O)(=O)c2cccc3c2CN(C2CCC(=O)NC2=O)C3=O)CC1. The van der Waals surface area contributed by atoms with Crippen molar-refractivity contribution in [2.24, 2.45) is 0 Å². The van der Waals surface area contributed by atoms with Crippen LogP contribution in [0.4, 0.5) is 0 Å². The van der Waals surface area contributed by atoms with Gasteiger partial charge in [-0.05, 0) is 31.5 Å². The molecule has 174 valence electrons. The largest absolute Gasteiger partial charge is 0.383 e. The van der Waals surface area contributed by atoms with Crippen molar-refractivity contribution in [1.29, 1.82) is 0 Å². The number of hydrogen-bond acceptors (Lipinski definition) is 7. The maximum absolute atomic E-state index is 13.5. The molecule has 3 aliphatic rings. The zero-order valence-electron chi connectivity index (χ0n) is 18.1. The van der Waals surface area contributed by atoms with Crippen LogP contribution in [0.25, 0.3) is 0 Å². The third kappa shape index (κ3) is 4.29. The van der Waals surface area contributed by atoms with E-state index in [1.807, 2.05) is 0 Å². The second-order valence-electron chi connectivity index (χ2n) is 8.27. The normalized spacial score (nSPS) is 23.2. The van der Waals surface area contributed by atoms with Crippen molar-refractivity contribution in [2.45, 2.75) is 36.7 Å². The number of imide groups is 1. The number of benzene rings is 1. The topological polar surface area (TPSA) is 116 Å². The Kier molecular flexibility index (Phi) is 6.61. The van der Waals surface area contributed by atoms with Gasteiger partial charge in [0.05, 0.1) is 11.5 Å². The molecule has 10 nitrogen and oxygen atoms in total. The van der Waals surface area contributed by atoms with Crippen LogP contribution in [0, 0.1) is 0 Å². The second kappa shape index (κ2) is 9.26. The van der Waals surface area contributed by atoms with Gasteiger partial charge in [-0.2, -0.15) is 4.31 Å². The Morgan fingerprint density at radius 3 is 2.69 bits per heavy atom. The molecule has 3 heterocycles. The van der Waals surface area contributed by atoms with Gasteiger partial charge in [0.25, 0.3) is 5.91 Å². The number of amides is 3. The highest BCUT2D eigenvalue weighted by Crippen LogP contribution is 2.33. The van der Waals surface area contributed by atoms with Gasteiger partial charge in [-0.15, -0.1) is 0 Å². The van der Waals surface area contributed by atoms with E-state index in [9.17, 15) is 22.8 Å². The minimum atomic E-state index is -3.81. The van der Waals surface area contributed by atoms with Crippen molar-refractivity contribution >= 4 is 27.7 Å². The van der Waals surface area contributed by atoms with Crippen LogP contribution in [0.3, 0.4) is 0 Å². The second-order valence-corrected chi connectivity index (χ2v) is 10.2. The molecule has 0 saturated carbocycles. The van der Waals surface area contributed by atoms with E-state index in [0.717, 1.165) is 13.1 Å². The van der Waals surface area contributed by atoms with Crippen molar-refractivity contribution in [3.63, 3.8) is 0 Å². The summed E-state index contributed by atoms with van der Waals surface area (Å²) in [6.45, 7) is 3.55. The van der Waals surface area contributed by atoms with E-state index in [2.05, 4.69) is 10.2 Å². The Morgan fingerprint density at radius 2 is 1.94 bits per heavy atom. The van der Waals surface area contributed by atoms with E-state index < -0.39 is 22.0 Å². The van der Waals surface area contributed by atoms with Crippen LogP contribution in [0.15, 0.2) is 23.1 Å². The lowest BCUT2D eigenvalue weighted by Gasteiger charge is -2.29. The summed E-state index contributed by atoms with van der Waals surface area (Å²) >= 11 is 0. The quantitative estimate of drug-likeness (QED) is 0.579. The number of nitrogens with one attached hydrogen (secondary N) is 1. The molecule has 2 saturated heterocycles. The molecule has 0 radical (unpaired) electrons. The summed E-state index contributed by atoms with van der Waals surface area (Å²) in [5.74, 6) is -1.26. The average molecular weight is 465 g/mol. The Labute approximate surface area is 187 Å². The first-order valence-electron chi connectivity index (χ1n) is 10.8. The van der Waals surface area contributed by atoms with Gasteiger partial charge in [0.2, 0.25) is 21.8 Å². The van der Waals surface area contributed by atoms with Gasteiger partial charge in [-0.3, -0.25) is 24.6 Å². The third-order valence-electron chi connectivity index (χ3n) is 6.32. The monoisotopic (exact) mass is 464 g/mol. The molecule has 11 heteroatoms. The minimum Gasteiger partial charge on any atom is -0.383 e. The summed E-state index contributed by atoms with van der Waals surface area (Å²) in [6.07, 6.45) is 1.09. The number of sulfonamides is 1. The fourth-order valence-corrected chi connectivity index (χ4v) is 6.28. The van der Waals surface area contributed by atoms with Crippen molar-refractivity contribution in [3.05, 3.63) is 29.3 Å². The van der Waals surface area contributed by atoms with Crippen LogP contribution in [0.1, 0.15) is 35.2 Å². The third-order valence-corrected chi connectivity index (χ3v) is 8.30. The van der Waals surface area contributed by atoms with Gasteiger partial charge in [-0.25, -0.2) is 8.42 Å². The van der Waals surface area contributed by atoms with Crippen molar-refractivity contribution in [1.82, 2.24) is 19.4 Å². The molecule has 0 aromatic heterocycles. The highest BCUT2D eigenvalue weighted by molar-refractivity contribution is 7.89. The van der Waals surface area contributed by atoms with Gasteiger partial charge in [0.15, 0.2) is 0 Å². The summed E-state index contributed by atoms with van der Waals surface area (Å²) in [5, 5.41) is 2.26. The lowest BCUT2D eigenvalue weighted by Crippen LogP contribution is -2.52. The molecule has 0 spiro atoms. The minimum absolute atomic E-state index is 0.0314. The summed E-state index contributed by atoms with van der Waals surface area (Å²) < 4.78 is 33.7. The number of carbonyl (C=O) groups is 3. The first-order valence-corrected chi connectivity index (χ1v) is 12.2. The Hall–Kier alpha value is -2.34. The number of hydrogen-bond donors (Lipinski definition) is 1. The molecular weight excluding hydrogens is 436 g/mol. The molecule has 32 heavy (non-hydrogen) atoms. The van der Waals surface area contributed by atoms with Crippen LogP contribution in [-0.4, -0.2) is 92.7 Å². The highest BCUT2D eigenvalue weighted by atomic mass is 32.2. The zero-order valence-corrected chi connectivity index (χ0v) is 18.9. The number of methoxy groups -OCH3 is 1. The molecule has 0 bridgehead atoms. The van der Waals surface area contributed by atoms with E-state index in [1.165, 1.54) is 15.3 Å². The molecule has 2 fully saturated rings. The number of fused-ring (bicyclic) bond motifs is 1. The molecule has 1 atom stereocenters. The van der Waals surface area contributed by atoms with Crippen LogP contribution < -0.4 is 5.32 Å². The van der Waals surface area contributed by atoms with Crippen molar-refractivity contribution in [2.75, 3.05) is 46.4 Å². The zero-order chi connectivity index (χ0) is 22.9. The number of piperidine rings is 1. The fourth-order valence-electron chi connectivity index (χ4n) is 4.57. The Morgan fingerprint density at radius 1 is 1.12 bits per heavy atom. The van der Waals surface area contributed by atoms with E-state index in [4.69, 9.17) is 4.74 Å². The highest BCUT2D eigenvalue weighted by Gasteiger charge is 2.42. The maximum Gasteiger partial charge on any atom is 0.255 e. The van der Waals surface area contributed by atoms with Gasteiger partial charge < -0.3 is 9.64 Å². The van der Waals surface area contributed by atoms with Crippen LogP contribution >= 0.6 is 0 Å².